The zero-order valence-electron chi connectivity index (χ0n) is 14.6. The Bertz CT molecular complexity index is 743. The molecule has 26 heavy (non-hydrogen) atoms. The Morgan fingerprint density at radius 2 is 1.54 bits per heavy atom. The van der Waals surface area contributed by atoms with Crippen molar-refractivity contribution in [3.63, 3.8) is 0 Å². The van der Waals surface area contributed by atoms with Crippen LogP contribution in [0.15, 0.2) is 67.3 Å². The molecule has 4 heteroatoms. The summed E-state index contributed by atoms with van der Waals surface area (Å²) in [6.07, 6.45) is 6.73. The predicted molar refractivity (Wildman–Crippen MR) is 103 cm³/mol. The zero-order chi connectivity index (χ0) is 18.6. The lowest BCUT2D eigenvalue weighted by molar-refractivity contribution is -0.137. The van der Waals surface area contributed by atoms with Crippen molar-refractivity contribution in [3.8, 4) is 16.9 Å². The van der Waals surface area contributed by atoms with Crippen molar-refractivity contribution in [2.45, 2.75) is 12.8 Å². The maximum atomic E-state index is 10.9. The third kappa shape index (κ3) is 6.40. The lowest BCUT2D eigenvalue weighted by Crippen LogP contribution is -2.04. The molecule has 2 rings (SSSR count). The smallest absolute Gasteiger partial charge is 0.330 e. The Morgan fingerprint density at radius 3 is 2.15 bits per heavy atom. The van der Waals surface area contributed by atoms with Gasteiger partial charge in [-0.3, -0.25) is 4.79 Å². The van der Waals surface area contributed by atoms with Crippen molar-refractivity contribution in [1.82, 2.24) is 0 Å². The summed E-state index contributed by atoms with van der Waals surface area (Å²) in [7, 11) is 0. The molecule has 0 spiro atoms. The third-order valence-corrected chi connectivity index (χ3v) is 3.68. The van der Waals surface area contributed by atoms with Crippen LogP contribution in [0.1, 0.15) is 18.4 Å². The molecule has 0 atom stereocenters. The molecule has 0 saturated carbocycles. The van der Waals surface area contributed by atoms with Gasteiger partial charge in [0.15, 0.2) is 0 Å². The van der Waals surface area contributed by atoms with E-state index in [1.54, 1.807) is 6.08 Å². The van der Waals surface area contributed by atoms with E-state index >= 15 is 0 Å². The normalized spacial score (nSPS) is 10.5. The molecule has 2 aromatic rings. The van der Waals surface area contributed by atoms with Crippen molar-refractivity contribution in [3.05, 3.63) is 72.8 Å². The molecule has 4 nitrogen and oxygen atoms in total. The average Bonchev–Trinajstić information content (AvgIpc) is 2.69. The highest BCUT2D eigenvalue weighted by molar-refractivity contribution is 5.81. The van der Waals surface area contributed by atoms with Crippen LogP contribution in [0.4, 0.5) is 0 Å². The van der Waals surface area contributed by atoms with Crippen LogP contribution >= 0.6 is 0 Å². The molecule has 0 aliphatic heterocycles. The molecule has 0 aliphatic carbocycles. The first-order valence-electron chi connectivity index (χ1n) is 8.47. The van der Waals surface area contributed by atoms with E-state index in [9.17, 15) is 9.59 Å². The fourth-order valence-electron chi connectivity index (χ4n) is 2.31. The van der Waals surface area contributed by atoms with Gasteiger partial charge in [-0.2, -0.15) is 0 Å². The van der Waals surface area contributed by atoms with Crippen LogP contribution in [0, 0.1) is 0 Å². The lowest BCUT2D eigenvalue weighted by Gasteiger charge is -2.08. The second-order valence-electron chi connectivity index (χ2n) is 5.57. The minimum absolute atomic E-state index is 0.380. The number of hydrogen-bond donors (Lipinski definition) is 0. The molecule has 0 N–H and O–H groups in total. The van der Waals surface area contributed by atoms with Crippen LogP contribution in [-0.2, 0) is 14.3 Å². The molecule has 0 aromatic heterocycles. The Balaban J connectivity index is 1.79. The average molecular weight is 350 g/mol. The number of carbonyl (C=O) groups is 2. The number of rotatable bonds is 10. The number of carbonyl (C=O) groups excluding carboxylic acids is 2. The second-order valence-corrected chi connectivity index (χ2v) is 5.57. The van der Waals surface area contributed by atoms with Crippen LogP contribution in [0.5, 0.6) is 5.75 Å². The molecule has 0 radical (unpaired) electrons. The van der Waals surface area contributed by atoms with E-state index in [1.807, 2.05) is 48.5 Å². The van der Waals surface area contributed by atoms with Gasteiger partial charge in [0.25, 0.3) is 0 Å². The van der Waals surface area contributed by atoms with E-state index in [0.717, 1.165) is 47.6 Å². The van der Waals surface area contributed by atoms with Gasteiger partial charge in [-0.05, 0) is 47.7 Å². The van der Waals surface area contributed by atoms with Crippen molar-refractivity contribution in [2.24, 2.45) is 0 Å². The zero-order valence-corrected chi connectivity index (χ0v) is 14.6. The second kappa shape index (κ2) is 10.7. The molecule has 0 heterocycles. The minimum atomic E-state index is -0.394. The van der Waals surface area contributed by atoms with Crippen LogP contribution < -0.4 is 4.74 Å². The summed E-state index contributed by atoms with van der Waals surface area (Å²) in [6.45, 7) is 4.30. The van der Waals surface area contributed by atoms with Gasteiger partial charge >= 0.3 is 5.97 Å². The quantitative estimate of drug-likeness (QED) is 0.275. The van der Waals surface area contributed by atoms with Crippen LogP contribution in [-0.4, -0.2) is 25.5 Å². The maximum Gasteiger partial charge on any atom is 0.330 e. The van der Waals surface area contributed by atoms with Gasteiger partial charge < -0.3 is 9.47 Å². The Labute approximate surface area is 153 Å². The summed E-state index contributed by atoms with van der Waals surface area (Å²) >= 11 is 0. The molecule has 0 aliphatic rings. The number of allylic oxidation sites excluding steroid dienone is 1. The number of unbranched alkanes of at least 4 members (excludes halogenated alkanes) is 1. The van der Waals surface area contributed by atoms with Crippen molar-refractivity contribution >= 4 is 18.3 Å². The summed E-state index contributed by atoms with van der Waals surface area (Å²) in [5, 5.41) is 0. The first kappa shape index (κ1) is 19.2. The SMILES string of the molecule is C=CC(=O)OCCCCOc1ccc(-c2ccc(/C=C/C=O)cc2)cc1. The molecular weight excluding hydrogens is 328 g/mol. The molecular formula is C22H22O4. The highest BCUT2D eigenvalue weighted by Crippen LogP contribution is 2.23. The molecule has 0 saturated heterocycles. The van der Waals surface area contributed by atoms with E-state index in [1.165, 1.54) is 6.08 Å². The van der Waals surface area contributed by atoms with Gasteiger partial charge in [0, 0.05) is 6.08 Å². The summed E-state index contributed by atoms with van der Waals surface area (Å²) in [6, 6.07) is 15.9. The highest BCUT2D eigenvalue weighted by atomic mass is 16.5. The van der Waals surface area contributed by atoms with Gasteiger partial charge in [0.05, 0.1) is 13.2 Å². The highest BCUT2D eigenvalue weighted by Gasteiger charge is 2.00. The van der Waals surface area contributed by atoms with Crippen molar-refractivity contribution in [1.29, 1.82) is 0 Å². The number of benzene rings is 2. The van der Waals surface area contributed by atoms with E-state index in [-0.39, 0.29) is 0 Å². The summed E-state index contributed by atoms with van der Waals surface area (Å²) in [5.41, 5.74) is 3.18. The Kier molecular flexibility index (Phi) is 7.87. The van der Waals surface area contributed by atoms with Gasteiger partial charge in [-0.15, -0.1) is 0 Å². The molecule has 2 aromatic carbocycles. The first-order valence-corrected chi connectivity index (χ1v) is 8.47. The van der Waals surface area contributed by atoms with Crippen LogP contribution in [0.25, 0.3) is 17.2 Å². The van der Waals surface area contributed by atoms with Gasteiger partial charge in [0.2, 0.25) is 0 Å². The summed E-state index contributed by atoms with van der Waals surface area (Å²) in [5.74, 6) is 0.414. The summed E-state index contributed by atoms with van der Waals surface area (Å²) < 4.78 is 10.6. The lowest BCUT2D eigenvalue weighted by atomic mass is 10.0. The standard InChI is InChI=1S/C22H22O4/c1-2-22(24)26-17-4-3-16-25-21-13-11-20(12-14-21)19-9-7-18(8-10-19)6-5-15-23/h2,5-15H,1,3-4,16-17H2/b6-5+. The van der Waals surface area contributed by atoms with E-state index in [2.05, 4.69) is 6.58 Å². The van der Waals surface area contributed by atoms with Crippen molar-refractivity contribution in [2.75, 3.05) is 13.2 Å². The minimum Gasteiger partial charge on any atom is -0.494 e. The molecule has 0 bridgehead atoms. The van der Waals surface area contributed by atoms with E-state index in [0.29, 0.717) is 13.2 Å². The topological polar surface area (TPSA) is 52.6 Å². The summed E-state index contributed by atoms with van der Waals surface area (Å²) in [4.78, 5) is 21.2. The molecule has 0 unspecified atom stereocenters. The van der Waals surface area contributed by atoms with Crippen molar-refractivity contribution < 1.29 is 19.1 Å². The van der Waals surface area contributed by atoms with E-state index < -0.39 is 5.97 Å². The van der Waals surface area contributed by atoms with Crippen LogP contribution in [0.2, 0.25) is 0 Å². The largest absolute Gasteiger partial charge is 0.494 e. The Morgan fingerprint density at radius 1 is 0.923 bits per heavy atom. The monoisotopic (exact) mass is 350 g/mol. The number of ether oxygens (including phenoxy) is 2. The predicted octanol–water partition coefficient (Wildman–Crippen LogP) is 4.45. The first-order chi connectivity index (χ1) is 12.7. The molecule has 134 valence electrons. The van der Waals surface area contributed by atoms with Gasteiger partial charge in [-0.1, -0.05) is 49.1 Å². The number of aldehydes is 1. The number of esters is 1. The van der Waals surface area contributed by atoms with Gasteiger partial charge in [0.1, 0.15) is 12.0 Å². The molecule has 0 fully saturated rings. The van der Waals surface area contributed by atoms with Crippen LogP contribution in [0.3, 0.4) is 0 Å². The van der Waals surface area contributed by atoms with Gasteiger partial charge in [-0.25, -0.2) is 4.79 Å². The fourth-order valence-corrected chi connectivity index (χ4v) is 2.31. The fraction of sp³-hybridized carbons (Fsp3) is 0.182. The third-order valence-electron chi connectivity index (χ3n) is 3.68. The number of hydrogen-bond acceptors (Lipinski definition) is 4. The van der Waals surface area contributed by atoms with E-state index in [4.69, 9.17) is 9.47 Å². The maximum absolute atomic E-state index is 10.9. The Hall–Kier alpha value is -3.14. The molecule has 0 amide bonds.